The molecule has 1 amide bonds. The molecule has 6 heteroatoms. The molecule has 0 saturated heterocycles. The number of rotatable bonds is 4. The number of benzene rings is 3. The van der Waals surface area contributed by atoms with E-state index in [0.717, 1.165) is 38.5 Å². The van der Waals surface area contributed by atoms with E-state index in [9.17, 15) is 4.79 Å². The topological polar surface area (TPSA) is 70.7 Å². The summed E-state index contributed by atoms with van der Waals surface area (Å²) in [6.45, 7) is 0. The standard InChI is InChI=1S/C23H16N4OS/c28-22(17-9-10-19-20(12-17)25-14-24-19)26-18-8-4-7-16(11-18)21-13-29-23(27-21)15-5-2-1-3-6-15/h1-14H,(H,24,25)(H,26,28). The number of anilines is 1. The van der Waals surface area contributed by atoms with Crippen LogP contribution < -0.4 is 5.32 Å². The maximum atomic E-state index is 12.7. The number of thiazole rings is 1. The average molecular weight is 396 g/mol. The lowest BCUT2D eigenvalue weighted by Crippen LogP contribution is -2.11. The van der Waals surface area contributed by atoms with Gasteiger partial charge in [-0.05, 0) is 30.3 Å². The molecule has 3 aromatic carbocycles. The highest BCUT2D eigenvalue weighted by Gasteiger charge is 2.10. The van der Waals surface area contributed by atoms with Gasteiger partial charge in [0.05, 0.1) is 23.1 Å². The van der Waals surface area contributed by atoms with E-state index in [1.165, 1.54) is 0 Å². The molecule has 5 rings (SSSR count). The first kappa shape index (κ1) is 17.3. The normalized spacial score (nSPS) is 10.9. The summed E-state index contributed by atoms with van der Waals surface area (Å²) in [4.78, 5) is 24.6. The predicted octanol–water partition coefficient (Wildman–Crippen LogP) is 5.61. The summed E-state index contributed by atoms with van der Waals surface area (Å²) in [7, 11) is 0. The lowest BCUT2D eigenvalue weighted by atomic mass is 10.1. The van der Waals surface area contributed by atoms with Crippen molar-refractivity contribution in [1.29, 1.82) is 0 Å². The van der Waals surface area contributed by atoms with Gasteiger partial charge in [-0.1, -0.05) is 42.5 Å². The maximum absolute atomic E-state index is 12.7. The first-order valence-electron chi connectivity index (χ1n) is 9.12. The van der Waals surface area contributed by atoms with Gasteiger partial charge in [-0.15, -0.1) is 11.3 Å². The summed E-state index contributed by atoms with van der Waals surface area (Å²) >= 11 is 1.61. The Kier molecular flexibility index (Phi) is 4.38. The number of imidazole rings is 1. The Hall–Kier alpha value is -3.77. The van der Waals surface area contributed by atoms with Crippen molar-refractivity contribution in [2.45, 2.75) is 0 Å². The smallest absolute Gasteiger partial charge is 0.255 e. The summed E-state index contributed by atoms with van der Waals surface area (Å²) in [5.41, 5.74) is 5.93. The van der Waals surface area contributed by atoms with Gasteiger partial charge in [0, 0.05) is 27.8 Å². The Morgan fingerprint density at radius 3 is 2.69 bits per heavy atom. The summed E-state index contributed by atoms with van der Waals surface area (Å²) in [5.74, 6) is -0.165. The summed E-state index contributed by atoms with van der Waals surface area (Å²) in [6.07, 6.45) is 1.62. The minimum atomic E-state index is -0.165. The summed E-state index contributed by atoms with van der Waals surface area (Å²) in [6, 6.07) is 23.2. The Bertz CT molecular complexity index is 1310. The molecule has 2 N–H and O–H groups in total. The molecule has 0 spiro atoms. The van der Waals surface area contributed by atoms with Gasteiger partial charge in [-0.2, -0.15) is 0 Å². The fraction of sp³-hybridized carbons (Fsp3) is 0. The fourth-order valence-corrected chi connectivity index (χ4v) is 3.99. The molecule has 0 aliphatic rings. The van der Waals surface area contributed by atoms with Crippen LogP contribution in [0.3, 0.4) is 0 Å². The number of aromatic amines is 1. The van der Waals surface area contributed by atoms with Crippen LogP contribution in [0.1, 0.15) is 10.4 Å². The largest absolute Gasteiger partial charge is 0.345 e. The number of H-pyrrole nitrogens is 1. The van der Waals surface area contributed by atoms with Gasteiger partial charge in [0.25, 0.3) is 5.91 Å². The molecular formula is C23H16N4OS. The first-order valence-corrected chi connectivity index (χ1v) is 10.0. The number of carbonyl (C=O) groups excluding carboxylic acids is 1. The molecule has 140 valence electrons. The van der Waals surface area contributed by atoms with E-state index in [1.807, 2.05) is 53.9 Å². The van der Waals surface area contributed by atoms with E-state index >= 15 is 0 Å². The lowest BCUT2D eigenvalue weighted by Gasteiger charge is -2.07. The molecule has 0 aliphatic heterocycles. The Labute approximate surface area is 171 Å². The van der Waals surface area contributed by atoms with Crippen molar-refractivity contribution in [3.05, 3.63) is 90.1 Å². The summed E-state index contributed by atoms with van der Waals surface area (Å²) < 4.78 is 0. The van der Waals surface area contributed by atoms with E-state index in [2.05, 4.69) is 27.4 Å². The number of nitrogens with one attached hydrogen (secondary N) is 2. The molecule has 5 nitrogen and oxygen atoms in total. The monoisotopic (exact) mass is 396 g/mol. The van der Waals surface area contributed by atoms with Crippen LogP contribution in [0.25, 0.3) is 32.9 Å². The van der Waals surface area contributed by atoms with E-state index in [1.54, 1.807) is 29.8 Å². The van der Waals surface area contributed by atoms with Crippen molar-refractivity contribution in [2.75, 3.05) is 5.32 Å². The Balaban J connectivity index is 1.38. The fourth-order valence-electron chi connectivity index (χ4n) is 3.16. The third-order valence-corrected chi connectivity index (χ3v) is 5.51. The second kappa shape index (κ2) is 7.33. The molecule has 2 heterocycles. The molecular weight excluding hydrogens is 380 g/mol. The molecule has 2 aromatic heterocycles. The van der Waals surface area contributed by atoms with Gasteiger partial charge in [0.15, 0.2) is 0 Å². The van der Waals surface area contributed by atoms with Crippen LogP contribution in [0, 0.1) is 0 Å². The van der Waals surface area contributed by atoms with Gasteiger partial charge in [0.1, 0.15) is 5.01 Å². The van der Waals surface area contributed by atoms with Gasteiger partial charge in [-0.3, -0.25) is 4.79 Å². The van der Waals surface area contributed by atoms with E-state index in [-0.39, 0.29) is 5.91 Å². The zero-order chi connectivity index (χ0) is 19.6. The highest BCUT2D eigenvalue weighted by atomic mass is 32.1. The van der Waals surface area contributed by atoms with Crippen LogP contribution in [0.2, 0.25) is 0 Å². The number of carbonyl (C=O) groups is 1. The quantitative estimate of drug-likeness (QED) is 0.415. The second-order valence-electron chi connectivity index (χ2n) is 6.57. The van der Waals surface area contributed by atoms with Crippen molar-refractivity contribution < 1.29 is 4.79 Å². The van der Waals surface area contributed by atoms with Crippen LogP contribution in [0.5, 0.6) is 0 Å². The summed E-state index contributed by atoms with van der Waals surface area (Å²) in [5, 5.41) is 5.98. The molecule has 0 aliphatic carbocycles. The molecule has 0 atom stereocenters. The first-order chi connectivity index (χ1) is 14.3. The minimum absolute atomic E-state index is 0.165. The van der Waals surface area contributed by atoms with Crippen molar-refractivity contribution in [3.63, 3.8) is 0 Å². The molecule has 0 unspecified atom stereocenters. The van der Waals surface area contributed by atoms with Gasteiger partial charge >= 0.3 is 0 Å². The van der Waals surface area contributed by atoms with Gasteiger partial charge < -0.3 is 10.3 Å². The van der Waals surface area contributed by atoms with Gasteiger partial charge in [-0.25, -0.2) is 9.97 Å². The molecule has 5 aromatic rings. The molecule has 0 bridgehead atoms. The second-order valence-corrected chi connectivity index (χ2v) is 7.43. The van der Waals surface area contributed by atoms with Crippen LogP contribution in [-0.4, -0.2) is 20.9 Å². The third-order valence-electron chi connectivity index (χ3n) is 4.62. The lowest BCUT2D eigenvalue weighted by molar-refractivity contribution is 0.102. The van der Waals surface area contributed by atoms with Crippen molar-refractivity contribution >= 4 is 34.0 Å². The average Bonchev–Trinajstić information content (AvgIpc) is 3.44. The maximum Gasteiger partial charge on any atom is 0.255 e. The minimum Gasteiger partial charge on any atom is -0.345 e. The highest BCUT2D eigenvalue weighted by Crippen LogP contribution is 2.30. The molecule has 0 radical (unpaired) electrons. The van der Waals surface area contributed by atoms with Crippen LogP contribution in [0.4, 0.5) is 5.69 Å². The third kappa shape index (κ3) is 3.53. The number of aromatic nitrogens is 3. The Morgan fingerprint density at radius 1 is 0.931 bits per heavy atom. The SMILES string of the molecule is O=C(Nc1cccc(-c2csc(-c3ccccc3)n2)c1)c1ccc2nc[nH]c2c1. The molecule has 0 saturated carbocycles. The zero-order valence-electron chi connectivity index (χ0n) is 15.3. The van der Waals surface area contributed by atoms with Crippen molar-refractivity contribution in [3.8, 4) is 21.8 Å². The number of hydrogen-bond acceptors (Lipinski definition) is 4. The number of hydrogen-bond donors (Lipinski definition) is 2. The molecule has 29 heavy (non-hydrogen) atoms. The van der Waals surface area contributed by atoms with Crippen LogP contribution in [0.15, 0.2) is 84.5 Å². The van der Waals surface area contributed by atoms with E-state index in [4.69, 9.17) is 4.98 Å². The predicted molar refractivity (Wildman–Crippen MR) is 117 cm³/mol. The zero-order valence-corrected chi connectivity index (χ0v) is 16.1. The van der Waals surface area contributed by atoms with Crippen molar-refractivity contribution in [2.24, 2.45) is 0 Å². The van der Waals surface area contributed by atoms with Crippen molar-refractivity contribution in [1.82, 2.24) is 15.0 Å². The van der Waals surface area contributed by atoms with Crippen LogP contribution >= 0.6 is 11.3 Å². The molecule has 0 fully saturated rings. The highest BCUT2D eigenvalue weighted by molar-refractivity contribution is 7.13. The van der Waals surface area contributed by atoms with Crippen LogP contribution in [-0.2, 0) is 0 Å². The van der Waals surface area contributed by atoms with E-state index in [0.29, 0.717) is 5.56 Å². The van der Waals surface area contributed by atoms with Gasteiger partial charge in [0.2, 0.25) is 0 Å². The number of amides is 1. The van der Waals surface area contributed by atoms with E-state index < -0.39 is 0 Å². The number of fused-ring (bicyclic) bond motifs is 1. The number of nitrogens with zero attached hydrogens (tertiary/aromatic N) is 2. The Morgan fingerprint density at radius 2 is 1.79 bits per heavy atom.